The third-order valence-corrected chi connectivity index (χ3v) is 3.61. The Morgan fingerprint density at radius 3 is 2.95 bits per heavy atom. The van der Waals surface area contributed by atoms with Crippen molar-refractivity contribution >= 4 is 16.9 Å². The van der Waals surface area contributed by atoms with Crippen LogP contribution >= 0.6 is 0 Å². The summed E-state index contributed by atoms with van der Waals surface area (Å²) in [6, 6.07) is 8.44. The molecule has 1 amide bonds. The number of aromatic nitrogens is 2. The van der Waals surface area contributed by atoms with Gasteiger partial charge in [0.15, 0.2) is 0 Å². The van der Waals surface area contributed by atoms with Crippen molar-refractivity contribution < 1.29 is 4.79 Å². The third-order valence-electron chi connectivity index (χ3n) is 3.61. The summed E-state index contributed by atoms with van der Waals surface area (Å²) in [5.41, 5.74) is 7.70. The van der Waals surface area contributed by atoms with Gasteiger partial charge in [0.25, 0.3) is 0 Å². The standard InChI is InChI=1S/C15H20N4O/c16-9-7-14-18-12-3-1-2-4-13(12)19(14)10-8-15(20)17-11-5-6-11/h1-4,11H,5-10,16H2,(H,17,20). The Morgan fingerprint density at radius 2 is 2.20 bits per heavy atom. The number of hydrogen-bond donors (Lipinski definition) is 2. The molecule has 0 spiro atoms. The number of nitrogens with one attached hydrogen (secondary N) is 1. The Morgan fingerprint density at radius 1 is 1.40 bits per heavy atom. The molecule has 0 atom stereocenters. The van der Waals surface area contributed by atoms with Crippen LogP contribution in [-0.2, 0) is 17.8 Å². The van der Waals surface area contributed by atoms with Crippen molar-refractivity contribution in [1.82, 2.24) is 14.9 Å². The van der Waals surface area contributed by atoms with E-state index in [0.29, 0.717) is 25.6 Å². The third kappa shape index (κ3) is 2.82. The molecule has 2 aromatic rings. The first-order valence-electron chi connectivity index (χ1n) is 7.21. The molecule has 1 aromatic carbocycles. The van der Waals surface area contributed by atoms with Gasteiger partial charge in [-0.15, -0.1) is 0 Å². The summed E-state index contributed by atoms with van der Waals surface area (Å²) in [6.45, 7) is 1.23. The maximum absolute atomic E-state index is 11.8. The van der Waals surface area contributed by atoms with E-state index in [1.807, 2.05) is 24.3 Å². The van der Waals surface area contributed by atoms with Gasteiger partial charge in [0.1, 0.15) is 5.82 Å². The number of fused-ring (bicyclic) bond motifs is 1. The number of benzene rings is 1. The number of aryl methyl sites for hydroxylation is 1. The van der Waals surface area contributed by atoms with Crippen molar-refractivity contribution in [2.45, 2.75) is 38.3 Å². The predicted octanol–water partition coefficient (Wildman–Crippen LogP) is 1.21. The van der Waals surface area contributed by atoms with Gasteiger partial charge in [0, 0.05) is 25.4 Å². The number of para-hydroxylation sites is 2. The van der Waals surface area contributed by atoms with Crippen molar-refractivity contribution in [3.05, 3.63) is 30.1 Å². The molecular weight excluding hydrogens is 252 g/mol. The van der Waals surface area contributed by atoms with E-state index in [2.05, 4.69) is 14.9 Å². The second-order valence-electron chi connectivity index (χ2n) is 5.30. The summed E-state index contributed by atoms with van der Waals surface area (Å²) in [7, 11) is 0. The van der Waals surface area contributed by atoms with Crippen molar-refractivity contribution in [3.63, 3.8) is 0 Å². The first-order chi connectivity index (χ1) is 9.78. The van der Waals surface area contributed by atoms with Crippen LogP contribution < -0.4 is 11.1 Å². The molecule has 1 heterocycles. The van der Waals surface area contributed by atoms with Crippen molar-refractivity contribution in [1.29, 1.82) is 0 Å². The minimum atomic E-state index is 0.129. The Labute approximate surface area is 118 Å². The van der Waals surface area contributed by atoms with E-state index in [-0.39, 0.29) is 5.91 Å². The van der Waals surface area contributed by atoms with Gasteiger partial charge in [-0.05, 0) is 31.5 Å². The number of carbonyl (C=O) groups excluding carboxylic acids is 1. The smallest absolute Gasteiger partial charge is 0.222 e. The number of nitrogens with zero attached hydrogens (tertiary/aromatic N) is 2. The molecule has 0 aliphatic heterocycles. The molecule has 5 heteroatoms. The number of hydrogen-bond acceptors (Lipinski definition) is 3. The van der Waals surface area contributed by atoms with Gasteiger partial charge in [0.2, 0.25) is 5.91 Å². The largest absolute Gasteiger partial charge is 0.353 e. The van der Waals surface area contributed by atoms with Crippen molar-refractivity contribution in [2.75, 3.05) is 6.54 Å². The highest BCUT2D eigenvalue weighted by molar-refractivity contribution is 5.78. The number of imidazole rings is 1. The SMILES string of the molecule is NCCc1nc2ccccc2n1CCC(=O)NC1CC1. The van der Waals surface area contributed by atoms with E-state index in [9.17, 15) is 4.79 Å². The van der Waals surface area contributed by atoms with E-state index >= 15 is 0 Å². The first-order valence-corrected chi connectivity index (χ1v) is 7.21. The lowest BCUT2D eigenvalue weighted by Gasteiger charge is -2.09. The van der Waals surface area contributed by atoms with E-state index in [0.717, 1.165) is 36.1 Å². The second kappa shape index (κ2) is 5.63. The summed E-state index contributed by atoms with van der Waals surface area (Å²) in [5, 5.41) is 3.02. The lowest BCUT2D eigenvalue weighted by molar-refractivity contribution is -0.121. The predicted molar refractivity (Wildman–Crippen MR) is 78.3 cm³/mol. The molecule has 0 saturated heterocycles. The number of nitrogens with two attached hydrogens (primary N) is 1. The minimum Gasteiger partial charge on any atom is -0.353 e. The molecule has 106 valence electrons. The van der Waals surface area contributed by atoms with E-state index < -0.39 is 0 Å². The fourth-order valence-corrected chi connectivity index (χ4v) is 2.44. The lowest BCUT2D eigenvalue weighted by atomic mass is 10.3. The number of amides is 1. The molecule has 0 bridgehead atoms. The quantitative estimate of drug-likeness (QED) is 0.830. The molecule has 1 aromatic heterocycles. The van der Waals surface area contributed by atoms with Crippen LogP contribution in [0.4, 0.5) is 0 Å². The molecule has 1 fully saturated rings. The van der Waals surface area contributed by atoms with Gasteiger partial charge < -0.3 is 15.6 Å². The highest BCUT2D eigenvalue weighted by Crippen LogP contribution is 2.19. The average molecular weight is 272 g/mol. The van der Waals surface area contributed by atoms with E-state index in [1.54, 1.807) is 0 Å². The molecule has 1 aliphatic rings. The average Bonchev–Trinajstić information content (AvgIpc) is 3.18. The van der Waals surface area contributed by atoms with Gasteiger partial charge >= 0.3 is 0 Å². The molecule has 3 rings (SSSR count). The molecule has 0 unspecified atom stereocenters. The molecule has 1 saturated carbocycles. The van der Waals surface area contributed by atoms with Gasteiger partial charge in [-0.2, -0.15) is 0 Å². The Kier molecular flexibility index (Phi) is 3.69. The van der Waals surface area contributed by atoms with Crippen molar-refractivity contribution in [2.24, 2.45) is 5.73 Å². The maximum Gasteiger partial charge on any atom is 0.222 e. The molecule has 20 heavy (non-hydrogen) atoms. The summed E-state index contributed by atoms with van der Waals surface area (Å²) < 4.78 is 2.12. The van der Waals surface area contributed by atoms with Crippen LogP contribution in [0.1, 0.15) is 25.1 Å². The number of rotatable bonds is 6. The summed E-state index contributed by atoms with van der Waals surface area (Å²) in [4.78, 5) is 16.4. The lowest BCUT2D eigenvalue weighted by Crippen LogP contribution is -2.26. The second-order valence-corrected chi connectivity index (χ2v) is 5.30. The fourth-order valence-electron chi connectivity index (χ4n) is 2.44. The maximum atomic E-state index is 11.8. The highest BCUT2D eigenvalue weighted by Gasteiger charge is 2.23. The van der Waals surface area contributed by atoms with Crippen LogP contribution in [0.2, 0.25) is 0 Å². The topological polar surface area (TPSA) is 72.9 Å². The molecule has 0 radical (unpaired) electrons. The zero-order valence-corrected chi connectivity index (χ0v) is 11.5. The zero-order valence-electron chi connectivity index (χ0n) is 11.5. The van der Waals surface area contributed by atoms with Crippen LogP contribution in [0.5, 0.6) is 0 Å². The Hall–Kier alpha value is -1.88. The molecular formula is C15H20N4O. The molecule has 5 nitrogen and oxygen atoms in total. The summed E-state index contributed by atoms with van der Waals surface area (Å²) in [6.07, 6.45) is 3.48. The van der Waals surface area contributed by atoms with Gasteiger partial charge in [-0.25, -0.2) is 4.98 Å². The van der Waals surface area contributed by atoms with Gasteiger partial charge in [-0.3, -0.25) is 4.79 Å². The first kappa shape index (κ1) is 13.1. The fraction of sp³-hybridized carbons (Fsp3) is 0.467. The van der Waals surface area contributed by atoms with Gasteiger partial charge in [-0.1, -0.05) is 12.1 Å². The molecule has 3 N–H and O–H groups in total. The Bertz CT molecular complexity index is 615. The summed E-state index contributed by atoms with van der Waals surface area (Å²) in [5.74, 6) is 1.09. The zero-order chi connectivity index (χ0) is 13.9. The van der Waals surface area contributed by atoms with E-state index in [1.165, 1.54) is 0 Å². The minimum absolute atomic E-state index is 0.129. The van der Waals surface area contributed by atoms with Gasteiger partial charge in [0.05, 0.1) is 11.0 Å². The van der Waals surface area contributed by atoms with Crippen LogP contribution in [0, 0.1) is 0 Å². The van der Waals surface area contributed by atoms with Crippen LogP contribution in [-0.4, -0.2) is 28.0 Å². The van der Waals surface area contributed by atoms with Crippen LogP contribution in [0.25, 0.3) is 11.0 Å². The summed E-state index contributed by atoms with van der Waals surface area (Å²) >= 11 is 0. The Balaban J connectivity index is 1.77. The van der Waals surface area contributed by atoms with Crippen molar-refractivity contribution in [3.8, 4) is 0 Å². The monoisotopic (exact) mass is 272 g/mol. The van der Waals surface area contributed by atoms with E-state index in [4.69, 9.17) is 5.73 Å². The normalized spacial score (nSPS) is 14.7. The van der Waals surface area contributed by atoms with Crippen LogP contribution in [0.15, 0.2) is 24.3 Å². The number of carbonyl (C=O) groups is 1. The molecule has 1 aliphatic carbocycles. The van der Waals surface area contributed by atoms with Crippen LogP contribution in [0.3, 0.4) is 0 Å². The highest BCUT2D eigenvalue weighted by atomic mass is 16.1.